The summed E-state index contributed by atoms with van der Waals surface area (Å²) in [6, 6.07) is 6.56. The number of nitrogens with zero attached hydrogens (tertiary/aromatic N) is 2. The molecule has 0 aliphatic carbocycles. The lowest BCUT2D eigenvalue weighted by atomic mass is 10.1. The topological polar surface area (TPSA) is 87.2 Å². The van der Waals surface area contributed by atoms with Crippen molar-refractivity contribution in [3.8, 4) is 0 Å². The van der Waals surface area contributed by atoms with Gasteiger partial charge in [-0.05, 0) is 31.5 Å². The van der Waals surface area contributed by atoms with Crippen LogP contribution < -0.4 is 0 Å². The molecule has 7 nitrogen and oxygen atoms in total. The van der Waals surface area contributed by atoms with Crippen molar-refractivity contribution < 1.29 is 22.5 Å². The molecule has 24 heavy (non-hydrogen) atoms. The molecule has 1 aliphatic rings. The molecule has 1 aliphatic heterocycles. The van der Waals surface area contributed by atoms with Crippen LogP contribution in [-0.4, -0.2) is 68.0 Å². The number of amides is 1. The Morgan fingerprint density at radius 1 is 1.12 bits per heavy atom. The number of methoxy groups -OCH3 is 1. The van der Waals surface area contributed by atoms with Crippen LogP contribution in [-0.2, 0) is 14.9 Å². The van der Waals surface area contributed by atoms with Gasteiger partial charge in [0.2, 0.25) is 5.44 Å². The molecule has 1 aromatic carbocycles. The molecule has 8 heteroatoms. The van der Waals surface area contributed by atoms with Gasteiger partial charge in [-0.15, -0.1) is 0 Å². The summed E-state index contributed by atoms with van der Waals surface area (Å²) in [5, 5.41) is 0. The highest BCUT2D eigenvalue weighted by molar-refractivity contribution is 7.85. The smallest absolute Gasteiger partial charge is 0.296 e. The first-order chi connectivity index (χ1) is 11.2. The molecule has 1 N–H and O–H groups in total. The largest absolute Gasteiger partial charge is 0.359 e. The summed E-state index contributed by atoms with van der Waals surface area (Å²) < 4.78 is 36.5. The average Bonchev–Trinajstić information content (AvgIpc) is 2.54. The molecule has 0 saturated carbocycles. The average molecular weight is 356 g/mol. The van der Waals surface area contributed by atoms with Gasteiger partial charge in [0.25, 0.3) is 16.0 Å². The maximum absolute atomic E-state index is 12.5. The molecule has 0 aromatic heterocycles. The van der Waals surface area contributed by atoms with E-state index in [0.29, 0.717) is 24.7 Å². The summed E-state index contributed by atoms with van der Waals surface area (Å²) in [4.78, 5) is 16.7. The fourth-order valence-corrected chi connectivity index (χ4v) is 3.58. The molecule has 0 radical (unpaired) electrons. The van der Waals surface area contributed by atoms with Crippen LogP contribution in [0.15, 0.2) is 24.3 Å². The van der Waals surface area contributed by atoms with Gasteiger partial charge in [-0.2, -0.15) is 8.42 Å². The normalized spacial score (nSPS) is 18.0. The second kappa shape index (κ2) is 7.60. The van der Waals surface area contributed by atoms with Gasteiger partial charge in [0.1, 0.15) is 0 Å². The van der Waals surface area contributed by atoms with E-state index in [2.05, 4.69) is 18.7 Å². The van der Waals surface area contributed by atoms with E-state index in [0.717, 1.165) is 13.1 Å². The number of hydrogen-bond donors (Lipinski definition) is 1. The van der Waals surface area contributed by atoms with Crippen molar-refractivity contribution in [1.82, 2.24) is 9.80 Å². The fraction of sp³-hybridized carbons (Fsp3) is 0.562. The van der Waals surface area contributed by atoms with E-state index in [9.17, 15) is 13.2 Å². The minimum Gasteiger partial charge on any atom is -0.359 e. The van der Waals surface area contributed by atoms with E-state index in [4.69, 9.17) is 9.29 Å². The Morgan fingerprint density at radius 3 is 2.08 bits per heavy atom. The lowest BCUT2D eigenvalue weighted by molar-refractivity contribution is 0.0595. The molecule has 1 fully saturated rings. The number of benzene rings is 1. The van der Waals surface area contributed by atoms with E-state index < -0.39 is 15.6 Å². The van der Waals surface area contributed by atoms with Crippen molar-refractivity contribution in [1.29, 1.82) is 0 Å². The van der Waals surface area contributed by atoms with Crippen LogP contribution in [0.1, 0.15) is 35.2 Å². The number of carbonyl (C=O) groups excluding carboxylic acids is 1. The Bertz CT molecular complexity index is 664. The number of ether oxygens (including phenoxy) is 1. The minimum absolute atomic E-state index is 0.0780. The zero-order valence-corrected chi connectivity index (χ0v) is 15.0. The van der Waals surface area contributed by atoms with Gasteiger partial charge in [-0.1, -0.05) is 12.1 Å². The monoisotopic (exact) mass is 356 g/mol. The summed E-state index contributed by atoms with van der Waals surface area (Å²) >= 11 is 0. The van der Waals surface area contributed by atoms with E-state index in [1.54, 1.807) is 17.0 Å². The Balaban J connectivity index is 2.07. The van der Waals surface area contributed by atoms with Crippen molar-refractivity contribution >= 4 is 16.0 Å². The van der Waals surface area contributed by atoms with Gasteiger partial charge < -0.3 is 9.64 Å². The second-order valence-corrected chi connectivity index (χ2v) is 7.58. The molecule has 134 valence electrons. The number of piperazine rings is 1. The standard InChI is InChI=1S/C16H24N2O5S/c1-12(2)17-8-10-18(11-9-17)15(19)13-4-6-14(7-5-13)16(23-3)24(20,21)22/h4-7,12,16H,8-11H2,1-3H3,(H,20,21,22). The highest BCUT2D eigenvalue weighted by atomic mass is 32.2. The van der Waals surface area contributed by atoms with Gasteiger partial charge >= 0.3 is 0 Å². The van der Waals surface area contributed by atoms with Crippen LogP contribution >= 0.6 is 0 Å². The minimum atomic E-state index is -4.36. The highest BCUT2D eigenvalue weighted by Gasteiger charge is 2.26. The van der Waals surface area contributed by atoms with Crippen molar-refractivity contribution in [3.63, 3.8) is 0 Å². The zero-order chi connectivity index (χ0) is 17.9. The summed E-state index contributed by atoms with van der Waals surface area (Å²) in [6.45, 7) is 7.30. The summed E-state index contributed by atoms with van der Waals surface area (Å²) in [6.07, 6.45) is 0. The number of rotatable bonds is 5. The van der Waals surface area contributed by atoms with E-state index in [1.165, 1.54) is 19.2 Å². The first-order valence-electron chi connectivity index (χ1n) is 7.86. The van der Waals surface area contributed by atoms with Gasteiger partial charge in [0, 0.05) is 44.9 Å². The predicted molar refractivity (Wildman–Crippen MR) is 90.4 cm³/mol. The molecule has 1 atom stereocenters. The summed E-state index contributed by atoms with van der Waals surface area (Å²) in [5.41, 5.74) is -0.681. The quantitative estimate of drug-likeness (QED) is 0.802. The molecule has 0 bridgehead atoms. The van der Waals surface area contributed by atoms with Gasteiger partial charge in [-0.3, -0.25) is 14.2 Å². The second-order valence-electron chi connectivity index (χ2n) is 6.13. The van der Waals surface area contributed by atoms with Crippen LogP contribution in [0.3, 0.4) is 0 Å². The van der Waals surface area contributed by atoms with Gasteiger partial charge in [-0.25, -0.2) is 0 Å². The SMILES string of the molecule is COC(c1ccc(C(=O)N2CCN(C(C)C)CC2)cc1)S(=O)(=O)O. The first kappa shape index (κ1) is 18.9. The highest BCUT2D eigenvalue weighted by Crippen LogP contribution is 2.23. The number of carbonyl (C=O) groups is 1. The van der Waals surface area contributed by atoms with Crippen molar-refractivity contribution in [3.05, 3.63) is 35.4 Å². The van der Waals surface area contributed by atoms with Crippen LogP contribution in [0.25, 0.3) is 0 Å². The van der Waals surface area contributed by atoms with Crippen molar-refractivity contribution in [2.24, 2.45) is 0 Å². The molecule has 1 saturated heterocycles. The molecule has 0 spiro atoms. The molecule has 1 unspecified atom stereocenters. The molecule has 2 rings (SSSR count). The molecule has 1 amide bonds. The van der Waals surface area contributed by atoms with Gasteiger partial charge in [0.15, 0.2) is 0 Å². The summed E-state index contributed by atoms with van der Waals surface area (Å²) in [7, 11) is -3.16. The Morgan fingerprint density at radius 2 is 1.67 bits per heavy atom. The van der Waals surface area contributed by atoms with E-state index >= 15 is 0 Å². The third kappa shape index (κ3) is 4.32. The molecular weight excluding hydrogens is 332 g/mol. The fourth-order valence-electron chi connectivity index (χ4n) is 2.84. The Kier molecular flexibility index (Phi) is 5.97. The Hall–Kier alpha value is -1.48. The predicted octanol–water partition coefficient (Wildman–Crippen LogP) is 1.39. The summed E-state index contributed by atoms with van der Waals surface area (Å²) in [5.74, 6) is -0.0780. The zero-order valence-electron chi connectivity index (χ0n) is 14.2. The number of hydrogen-bond acceptors (Lipinski definition) is 5. The molecule has 1 aromatic rings. The molecule has 1 heterocycles. The van der Waals surface area contributed by atoms with Crippen molar-refractivity contribution in [2.75, 3.05) is 33.3 Å². The first-order valence-corrected chi connectivity index (χ1v) is 9.36. The van der Waals surface area contributed by atoms with Crippen LogP contribution in [0.2, 0.25) is 0 Å². The maximum atomic E-state index is 12.5. The van der Waals surface area contributed by atoms with E-state index in [-0.39, 0.29) is 11.5 Å². The third-order valence-corrected chi connectivity index (χ3v) is 5.25. The lowest BCUT2D eigenvalue weighted by Gasteiger charge is -2.37. The third-order valence-electron chi connectivity index (χ3n) is 4.25. The van der Waals surface area contributed by atoms with E-state index in [1.807, 2.05) is 0 Å². The van der Waals surface area contributed by atoms with Gasteiger partial charge in [0.05, 0.1) is 0 Å². The molecular formula is C16H24N2O5S. The van der Waals surface area contributed by atoms with Crippen LogP contribution in [0, 0.1) is 0 Å². The van der Waals surface area contributed by atoms with Crippen LogP contribution in [0.4, 0.5) is 0 Å². The van der Waals surface area contributed by atoms with Crippen molar-refractivity contribution in [2.45, 2.75) is 25.3 Å². The Labute approximate surface area is 142 Å². The maximum Gasteiger partial charge on any atom is 0.296 e. The van der Waals surface area contributed by atoms with Crippen LogP contribution in [0.5, 0.6) is 0 Å². The lowest BCUT2D eigenvalue weighted by Crippen LogP contribution is -2.50.